The molecule has 33 heavy (non-hydrogen) atoms. The van der Waals surface area contributed by atoms with Crippen LogP contribution >= 0.6 is 0 Å². The highest BCUT2D eigenvalue weighted by molar-refractivity contribution is 6.07. The van der Waals surface area contributed by atoms with Crippen molar-refractivity contribution in [2.24, 2.45) is 5.92 Å². The molecule has 2 heterocycles. The Bertz CT molecular complexity index is 1120. The Kier molecular flexibility index (Phi) is 5.85. The fraction of sp³-hybridized carbons (Fsp3) is 0.348. The van der Waals surface area contributed by atoms with Gasteiger partial charge in [0.25, 0.3) is 11.8 Å². The number of anilines is 1. The van der Waals surface area contributed by atoms with Gasteiger partial charge >= 0.3 is 6.18 Å². The van der Waals surface area contributed by atoms with Gasteiger partial charge in [-0.15, -0.1) is 0 Å². The molecular weight excluding hydrogens is 442 g/mol. The second kappa shape index (κ2) is 8.49. The van der Waals surface area contributed by atoms with Crippen LogP contribution in [0.5, 0.6) is 0 Å². The molecule has 2 N–H and O–H groups in total. The quantitative estimate of drug-likeness (QED) is 0.672. The van der Waals surface area contributed by atoms with E-state index in [0.29, 0.717) is 49.2 Å². The Hall–Kier alpha value is -3.43. The third-order valence-electron chi connectivity index (χ3n) is 6.14. The van der Waals surface area contributed by atoms with Gasteiger partial charge < -0.3 is 15.5 Å². The first-order valence-corrected chi connectivity index (χ1v) is 10.4. The summed E-state index contributed by atoms with van der Waals surface area (Å²) in [5.41, 5.74) is -0.569. The number of nitrogens with zero attached hydrogens (tertiary/aromatic N) is 1. The van der Waals surface area contributed by atoms with Crippen molar-refractivity contribution in [1.82, 2.24) is 10.2 Å². The number of carbonyl (C=O) groups is 3. The van der Waals surface area contributed by atoms with E-state index in [1.54, 1.807) is 23.1 Å². The van der Waals surface area contributed by atoms with Crippen LogP contribution in [0.1, 0.15) is 57.7 Å². The van der Waals surface area contributed by atoms with E-state index in [2.05, 4.69) is 10.6 Å². The first-order valence-electron chi connectivity index (χ1n) is 10.4. The molecule has 4 rings (SSSR count). The summed E-state index contributed by atoms with van der Waals surface area (Å²) < 4.78 is 52.8. The second-order valence-corrected chi connectivity index (χ2v) is 8.24. The highest BCUT2D eigenvalue weighted by atomic mass is 19.4. The van der Waals surface area contributed by atoms with Crippen LogP contribution in [-0.4, -0.2) is 35.7 Å². The molecule has 0 saturated carbocycles. The minimum atomic E-state index is -4.80. The van der Waals surface area contributed by atoms with Gasteiger partial charge in [-0.3, -0.25) is 14.4 Å². The zero-order valence-corrected chi connectivity index (χ0v) is 17.6. The van der Waals surface area contributed by atoms with Gasteiger partial charge in [-0.05, 0) is 49.1 Å². The normalized spacial score (nSPS) is 18.6. The number of halogens is 4. The molecule has 1 unspecified atom stereocenters. The number of piperidine rings is 1. The molecule has 0 spiro atoms. The van der Waals surface area contributed by atoms with Gasteiger partial charge in [0.15, 0.2) is 0 Å². The third-order valence-corrected chi connectivity index (χ3v) is 6.14. The highest BCUT2D eigenvalue weighted by Gasteiger charge is 2.38. The van der Waals surface area contributed by atoms with E-state index < -0.39 is 35.1 Å². The van der Waals surface area contributed by atoms with Crippen LogP contribution in [0.3, 0.4) is 0 Å². The Morgan fingerprint density at radius 2 is 1.82 bits per heavy atom. The number of hydrogen-bond donors (Lipinski definition) is 2. The molecule has 2 aliphatic rings. The average Bonchev–Trinajstić information content (AvgIpc) is 3.10. The lowest BCUT2D eigenvalue weighted by atomic mass is 9.85. The first-order chi connectivity index (χ1) is 15.5. The third kappa shape index (κ3) is 4.55. The van der Waals surface area contributed by atoms with Crippen LogP contribution in [0.15, 0.2) is 36.4 Å². The van der Waals surface area contributed by atoms with E-state index in [1.807, 2.05) is 0 Å². The van der Waals surface area contributed by atoms with Crippen molar-refractivity contribution in [3.8, 4) is 0 Å². The van der Waals surface area contributed by atoms with Gasteiger partial charge in [-0.2, -0.15) is 13.2 Å². The Balaban J connectivity index is 1.61. The molecule has 0 radical (unpaired) electrons. The standard InChI is InChI=1S/C23H21F4N3O3/c1-12(31)30-7-5-13(6-8-30)20-19-17(22(33)29-20)3-2-4-18(19)28-21(32)14-9-15(23(25,26)27)11-16(24)10-14/h2-4,9-11,13,20H,5-8H2,1H3,(H,28,32)(H,29,33). The van der Waals surface area contributed by atoms with Crippen LogP contribution in [0.2, 0.25) is 0 Å². The van der Waals surface area contributed by atoms with Crippen molar-refractivity contribution < 1.29 is 31.9 Å². The monoisotopic (exact) mass is 463 g/mol. The molecule has 0 aromatic heterocycles. The number of amides is 3. The Morgan fingerprint density at radius 3 is 2.45 bits per heavy atom. The number of nitrogens with one attached hydrogen (secondary N) is 2. The smallest absolute Gasteiger partial charge is 0.345 e. The molecule has 2 aliphatic heterocycles. The van der Waals surface area contributed by atoms with Crippen LogP contribution in [-0.2, 0) is 11.0 Å². The van der Waals surface area contributed by atoms with Gasteiger partial charge in [0.1, 0.15) is 5.82 Å². The number of benzene rings is 2. The maximum atomic E-state index is 13.8. The summed E-state index contributed by atoms with van der Waals surface area (Å²) in [6, 6.07) is 5.93. The minimum Gasteiger partial charge on any atom is -0.345 e. The summed E-state index contributed by atoms with van der Waals surface area (Å²) >= 11 is 0. The van der Waals surface area contributed by atoms with Crippen LogP contribution < -0.4 is 10.6 Å². The summed E-state index contributed by atoms with van der Waals surface area (Å²) in [5, 5.41) is 5.47. The predicted octanol–water partition coefficient (Wildman–Crippen LogP) is 4.14. The largest absolute Gasteiger partial charge is 0.416 e. The van der Waals surface area contributed by atoms with Crippen LogP contribution in [0.25, 0.3) is 0 Å². The van der Waals surface area contributed by atoms with Crippen molar-refractivity contribution in [2.45, 2.75) is 32.0 Å². The van der Waals surface area contributed by atoms with Gasteiger partial charge in [-0.1, -0.05) is 6.07 Å². The maximum absolute atomic E-state index is 13.8. The molecule has 174 valence electrons. The fourth-order valence-electron chi connectivity index (χ4n) is 4.48. The first kappa shape index (κ1) is 22.8. The molecule has 10 heteroatoms. The van der Waals surface area contributed by atoms with E-state index >= 15 is 0 Å². The van der Waals surface area contributed by atoms with Crippen molar-refractivity contribution in [1.29, 1.82) is 0 Å². The summed E-state index contributed by atoms with van der Waals surface area (Å²) in [6.45, 7) is 2.58. The van der Waals surface area contributed by atoms with E-state index in [9.17, 15) is 31.9 Å². The second-order valence-electron chi connectivity index (χ2n) is 8.24. The highest BCUT2D eigenvalue weighted by Crippen LogP contribution is 2.40. The minimum absolute atomic E-state index is 0.00912. The number of hydrogen-bond acceptors (Lipinski definition) is 3. The summed E-state index contributed by atoms with van der Waals surface area (Å²) in [5.74, 6) is -2.43. The summed E-state index contributed by atoms with van der Waals surface area (Å²) in [4.78, 5) is 38.6. The van der Waals surface area contributed by atoms with Gasteiger partial charge in [-0.25, -0.2) is 4.39 Å². The van der Waals surface area contributed by atoms with E-state index in [1.165, 1.54) is 6.92 Å². The van der Waals surface area contributed by atoms with Gasteiger partial charge in [0.05, 0.1) is 11.6 Å². The van der Waals surface area contributed by atoms with Gasteiger partial charge in [0, 0.05) is 42.4 Å². The topological polar surface area (TPSA) is 78.5 Å². The number of carbonyl (C=O) groups excluding carboxylic acids is 3. The van der Waals surface area contributed by atoms with E-state index in [4.69, 9.17) is 0 Å². The maximum Gasteiger partial charge on any atom is 0.416 e. The molecule has 1 atom stereocenters. The number of rotatable bonds is 3. The lowest BCUT2D eigenvalue weighted by Gasteiger charge is -2.34. The Labute approximate surface area is 186 Å². The number of likely N-dealkylation sites (tertiary alicyclic amines) is 1. The van der Waals surface area contributed by atoms with E-state index in [-0.39, 0.29) is 23.4 Å². The van der Waals surface area contributed by atoms with E-state index in [0.717, 1.165) is 6.07 Å². The molecule has 0 aliphatic carbocycles. The van der Waals surface area contributed by atoms with Crippen LogP contribution in [0, 0.1) is 11.7 Å². The molecule has 1 fully saturated rings. The zero-order chi connectivity index (χ0) is 23.9. The SMILES string of the molecule is CC(=O)N1CCC(C2NC(=O)c3cccc(NC(=O)c4cc(F)cc(C(F)(F)F)c4)c32)CC1. The molecule has 2 aromatic carbocycles. The van der Waals surface area contributed by atoms with Crippen molar-refractivity contribution in [3.63, 3.8) is 0 Å². The van der Waals surface area contributed by atoms with Crippen molar-refractivity contribution in [3.05, 3.63) is 64.5 Å². The number of alkyl halides is 3. The van der Waals surface area contributed by atoms with Gasteiger partial charge in [0.2, 0.25) is 5.91 Å². The molecule has 1 saturated heterocycles. The summed E-state index contributed by atoms with van der Waals surface area (Å²) in [7, 11) is 0. The van der Waals surface area contributed by atoms with Crippen molar-refractivity contribution in [2.75, 3.05) is 18.4 Å². The molecule has 2 aromatic rings. The molecule has 0 bridgehead atoms. The fourth-order valence-corrected chi connectivity index (χ4v) is 4.48. The lowest BCUT2D eigenvalue weighted by molar-refractivity contribution is -0.137. The average molecular weight is 463 g/mol. The van der Waals surface area contributed by atoms with Crippen molar-refractivity contribution >= 4 is 23.4 Å². The lowest BCUT2D eigenvalue weighted by Crippen LogP contribution is -2.40. The zero-order valence-electron chi connectivity index (χ0n) is 17.6. The number of fused-ring (bicyclic) bond motifs is 1. The molecular formula is C23H21F4N3O3. The predicted molar refractivity (Wildman–Crippen MR) is 111 cm³/mol. The molecule has 6 nitrogen and oxygen atoms in total. The summed E-state index contributed by atoms with van der Waals surface area (Å²) in [6.07, 6.45) is -3.52. The molecule has 3 amide bonds. The Morgan fingerprint density at radius 1 is 1.12 bits per heavy atom. The van der Waals surface area contributed by atoms with Crippen LogP contribution in [0.4, 0.5) is 23.2 Å².